The lowest BCUT2D eigenvalue weighted by molar-refractivity contribution is -0.123. The smallest absolute Gasteiger partial charge is 0.258 e. The molecule has 0 atom stereocenters. The number of thiophene rings is 1. The van der Waals surface area contributed by atoms with Crippen LogP contribution in [0.2, 0.25) is 0 Å². The molecule has 0 fully saturated rings. The lowest BCUT2D eigenvalue weighted by atomic mass is 10.1. The summed E-state index contributed by atoms with van der Waals surface area (Å²) >= 11 is 1.67. The Morgan fingerprint density at radius 1 is 0.897 bits per heavy atom. The van der Waals surface area contributed by atoms with E-state index in [1.165, 1.54) is 0 Å². The molecule has 1 amide bonds. The third kappa shape index (κ3) is 5.09. The third-order valence-electron chi connectivity index (χ3n) is 4.42. The molecule has 0 spiro atoms. The van der Waals surface area contributed by atoms with Crippen molar-refractivity contribution in [2.45, 2.75) is 6.54 Å². The van der Waals surface area contributed by atoms with E-state index in [4.69, 9.17) is 4.74 Å². The number of hydrogen-bond donors (Lipinski definition) is 1. The van der Waals surface area contributed by atoms with Crippen molar-refractivity contribution in [2.75, 3.05) is 6.61 Å². The Kier molecular flexibility index (Phi) is 5.98. The van der Waals surface area contributed by atoms with E-state index in [1.807, 2.05) is 66.2 Å². The minimum Gasteiger partial charge on any atom is -0.484 e. The third-order valence-corrected chi connectivity index (χ3v) is 5.34. The van der Waals surface area contributed by atoms with E-state index < -0.39 is 0 Å². The molecule has 144 valence electrons. The number of nitrogens with one attached hydrogen (secondary N) is 1. The molecule has 0 bridgehead atoms. The van der Waals surface area contributed by atoms with Crippen LogP contribution in [-0.2, 0) is 11.3 Å². The lowest BCUT2D eigenvalue weighted by Crippen LogP contribution is -2.28. The minimum atomic E-state index is -0.168. The summed E-state index contributed by atoms with van der Waals surface area (Å²) < 4.78 is 5.60. The molecule has 0 saturated heterocycles. The van der Waals surface area contributed by atoms with Crippen molar-refractivity contribution in [3.05, 3.63) is 96.1 Å². The summed E-state index contributed by atoms with van der Waals surface area (Å²) in [6, 6.07) is 24.0. The number of carbonyl (C=O) groups is 1. The Hall–Kier alpha value is -3.44. The lowest BCUT2D eigenvalue weighted by Gasteiger charge is -2.09. The first-order chi connectivity index (χ1) is 14.3. The first-order valence-corrected chi connectivity index (χ1v) is 10.2. The van der Waals surface area contributed by atoms with Crippen LogP contribution in [0.4, 0.5) is 0 Å². The summed E-state index contributed by atoms with van der Waals surface area (Å²) in [6.07, 6.45) is 3.60. The normalized spacial score (nSPS) is 10.5. The average Bonchev–Trinajstić information content (AvgIpc) is 3.33. The van der Waals surface area contributed by atoms with Gasteiger partial charge in [-0.2, -0.15) is 0 Å². The molecule has 0 aliphatic heterocycles. The number of benzene rings is 2. The fraction of sp³-hybridized carbons (Fsp3) is 0.0833. The van der Waals surface area contributed by atoms with Crippen LogP contribution in [0.25, 0.3) is 21.6 Å². The van der Waals surface area contributed by atoms with Gasteiger partial charge in [0.2, 0.25) is 0 Å². The second-order valence-electron chi connectivity index (χ2n) is 6.51. The van der Waals surface area contributed by atoms with Crippen LogP contribution in [0.5, 0.6) is 5.75 Å². The van der Waals surface area contributed by atoms with E-state index in [0.29, 0.717) is 12.3 Å². The zero-order chi connectivity index (χ0) is 19.9. The van der Waals surface area contributed by atoms with E-state index in [9.17, 15) is 4.79 Å². The van der Waals surface area contributed by atoms with Crippen molar-refractivity contribution in [3.8, 4) is 27.3 Å². The van der Waals surface area contributed by atoms with E-state index in [0.717, 1.165) is 27.1 Å². The van der Waals surface area contributed by atoms with Crippen molar-refractivity contribution < 1.29 is 9.53 Å². The van der Waals surface area contributed by atoms with E-state index in [-0.39, 0.29) is 12.5 Å². The highest BCUT2D eigenvalue weighted by Crippen LogP contribution is 2.24. The maximum atomic E-state index is 12.1. The summed E-state index contributed by atoms with van der Waals surface area (Å²) in [7, 11) is 0. The molecule has 0 saturated carbocycles. The van der Waals surface area contributed by atoms with Gasteiger partial charge in [-0.1, -0.05) is 48.5 Å². The van der Waals surface area contributed by atoms with Crippen LogP contribution in [0.1, 0.15) is 5.56 Å². The highest BCUT2D eigenvalue weighted by molar-refractivity contribution is 7.13. The second-order valence-corrected chi connectivity index (χ2v) is 7.46. The molecule has 4 nitrogen and oxygen atoms in total. The van der Waals surface area contributed by atoms with Gasteiger partial charge < -0.3 is 10.1 Å². The van der Waals surface area contributed by atoms with Gasteiger partial charge in [-0.05, 0) is 46.3 Å². The Morgan fingerprint density at radius 3 is 2.45 bits per heavy atom. The van der Waals surface area contributed by atoms with Gasteiger partial charge in [-0.25, -0.2) is 0 Å². The van der Waals surface area contributed by atoms with Crippen LogP contribution in [0.15, 0.2) is 90.6 Å². The molecule has 0 radical (unpaired) electrons. The minimum absolute atomic E-state index is 0.0251. The predicted molar refractivity (Wildman–Crippen MR) is 117 cm³/mol. The van der Waals surface area contributed by atoms with Crippen molar-refractivity contribution in [1.82, 2.24) is 10.3 Å². The van der Waals surface area contributed by atoms with Crippen molar-refractivity contribution in [3.63, 3.8) is 0 Å². The fourth-order valence-electron chi connectivity index (χ4n) is 2.94. The number of aromatic nitrogens is 1. The molecule has 2 aromatic heterocycles. The Morgan fingerprint density at radius 2 is 1.69 bits per heavy atom. The van der Waals surface area contributed by atoms with Gasteiger partial charge in [0.1, 0.15) is 5.75 Å². The maximum absolute atomic E-state index is 12.1. The van der Waals surface area contributed by atoms with Crippen LogP contribution in [-0.4, -0.2) is 17.5 Å². The molecule has 0 aliphatic rings. The van der Waals surface area contributed by atoms with E-state index in [1.54, 1.807) is 17.5 Å². The molecule has 2 aromatic carbocycles. The van der Waals surface area contributed by atoms with Crippen molar-refractivity contribution >= 4 is 17.2 Å². The standard InChI is InChI=1S/C24H20N2O2S/c27-24(26-15-18-13-21(16-25-14-18)23-7-4-12-29-23)17-28-22-10-8-20(9-11-22)19-5-2-1-3-6-19/h1-14,16H,15,17H2,(H,26,27). The predicted octanol–water partition coefficient (Wildman–Crippen LogP) is 5.17. The van der Waals surface area contributed by atoms with Gasteiger partial charge in [-0.15, -0.1) is 11.3 Å². The second kappa shape index (κ2) is 9.17. The molecule has 1 N–H and O–H groups in total. The van der Waals surface area contributed by atoms with E-state index in [2.05, 4.69) is 28.5 Å². The van der Waals surface area contributed by atoms with Gasteiger partial charge >= 0.3 is 0 Å². The zero-order valence-corrected chi connectivity index (χ0v) is 16.6. The monoisotopic (exact) mass is 400 g/mol. The van der Waals surface area contributed by atoms with Crippen molar-refractivity contribution in [1.29, 1.82) is 0 Å². The molecule has 29 heavy (non-hydrogen) atoms. The number of pyridine rings is 1. The SMILES string of the molecule is O=C(COc1ccc(-c2ccccc2)cc1)NCc1cncc(-c2cccs2)c1. The Balaban J connectivity index is 1.28. The molecule has 4 aromatic rings. The molecular weight excluding hydrogens is 380 g/mol. The summed E-state index contributed by atoms with van der Waals surface area (Å²) in [5.41, 5.74) is 4.27. The van der Waals surface area contributed by atoms with Crippen LogP contribution in [0.3, 0.4) is 0 Å². The number of amides is 1. The number of carbonyl (C=O) groups excluding carboxylic acids is 1. The van der Waals surface area contributed by atoms with Gasteiger partial charge in [0.25, 0.3) is 5.91 Å². The molecule has 5 heteroatoms. The largest absolute Gasteiger partial charge is 0.484 e. The van der Waals surface area contributed by atoms with Crippen molar-refractivity contribution in [2.24, 2.45) is 0 Å². The van der Waals surface area contributed by atoms with Gasteiger partial charge in [0, 0.05) is 29.4 Å². The molecular formula is C24H20N2O2S. The van der Waals surface area contributed by atoms with Crippen LogP contribution in [0, 0.1) is 0 Å². The Labute approximate surface area is 173 Å². The summed E-state index contributed by atoms with van der Waals surface area (Å²) in [5.74, 6) is 0.500. The molecule has 0 unspecified atom stereocenters. The first-order valence-electron chi connectivity index (χ1n) is 9.31. The summed E-state index contributed by atoms with van der Waals surface area (Å²) in [5, 5.41) is 4.91. The highest BCUT2D eigenvalue weighted by Gasteiger charge is 2.06. The highest BCUT2D eigenvalue weighted by atomic mass is 32.1. The topological polar surface area (TPSA) is 51.2 Å². The van der Waals surface area contributed by atoms with Gasteiger partial charge in [-0.3, -0.25) is 9.78 Å². The number of rotatable bonds is 7. The first kappa shape index (κ1) is 18.9. The molecule has 0 aliphatic carbocycles. The maximum Gasteiger partial charge on any atom is 0.258 e. The number of hydrogen-bond acceptors (Lipinski definition) is 4. The molecule has 2 heterocycles. The quantitative estimate of drug-likeness (QED) is 0.465. The number of ether oxygens (including phenoxy) is 1. The molecule has 4 rings (SSSR count). The summed E-state index contributed by atoms with van der Waals surface area (Å²) in [4.78, 5) is 17.6. The average molecular weight is 401 g/mol. The summed E-state index contributed by atoms with van der Waals surface area (Å²) in [6.45, 7) is 0.393. The Bertz CT molecular complexity index is 1060. The van der Waals surface area contributed by atoms with Crippen LogP contribution >= 0.6 is 11.3 Å². The fourth-order valence-corrected chi connectivity index (χ4v) is 3.65. The van der Waals surface area contributed by atoms with Gasteiger partial charge in [0.05, 0.1) is 0 Å². The van der Waals surface area contributed by atoms with Gasteiger partial charge in [0.15, 0.2) is 6.61 Å². The van der Waals surface area contributed by atoms with E-state index >= 15 is 0 Å². The zero-order valence-electron chi connectivity index (χ0n) is 15.7. The number of nitrogens with zero attached hydrogens (tertiary/aromatic N) is 1. The van der Waals surface area contributed by atoms with Crippen LogP contribution < -0.4 is 10.1 Å².